The smallest absolute Gasteiger partial charge is 0.309 e. The number of H-pyrrole nitrogens is 1. The molecule has 16 heavy (non-hydrogen) atoms. The van der Waals surface area contributed by atoms with E-state index in [0.717, 1.165) is 16.6 Å². The molecule has 0 saturated heterocycles. The predicted molar refractivity (Wildman–Crippen MR) is 62.4 cm³/mol. The lowest BCUT2D eigenvalue weighted by Gasteiger charge is -1.88. The Hall–Kier alpha value is -1.81. The average Bonchev–Trinajstić information content (AvgIpc) is 2.59. The minimum Gasteiger partial charge on any atom is -0.481 e. The first-order valence-corrected chi connectivity index (χ1v) is 5.06. The number of benzene rings is 1. The third kappa shape index (κ3) is 3.40. The van der Waals surface area contributed by atoms with Crippen molar-refractivity contribution in [3.63, 3.8) is 0 Å². The SMILES string of the molecule is CCO.O=C(O)Cc1cc2ccccc2[nH]1. The summed E-state index contributed by atoms with van der Waals surface area (Å²) < 4.78 is 0. The lowest BCUT2D eigenvalue weighted by molar-refractivity contribution is -0.136. The number of aliphatic hydroxyl groups is 1. The van der Waals surface area contributed by atoms with E-state index in [1.54, 1.807) is 6.92 Å². The first-order chi connectivity index (χ1) is 7.67. The zero-order valence-electron chi connectivity index (χ0n) is 9.10. The number of aliphatic carboxylic acids is 1. The Morgan fingerprint density at radius 2 is 2.00 bits per heavy atom. The second kappa shape index (κ2) is 5.92. The third-order valence-electron chi connectivity index (χ3n) is 1.93. The summed E-state index contributed by atoms with van der Waals surface area (Å²) in [6.45, 7) is 1.93. The fourth-order valence-corrected chi connectivity index (χ4v) is 1.39. The number of carbonyl (C=O) groups is 1. The van der Waals surface area contributed by atoms with Gasteiger partial charge in [0.2, 0.25) is 0 Å². The third-order valence-corrected chi connectivity index (χ3v) is 1.93. The molecule has 0 fully saturated rings. The van der Waals surface area contributed by atoms with Gasteiger partial charge in [0, 0.05) is 17.8 Å². The molecule has 4 heteroatoms. The van der Waals surface area contributed by atoms with Crippen molar-refractivity contribution in [3.8, 4) is 0 Å². The molecular weight excluding hydrogens is 206 g/mol. The molecule has 86 valence electrons. The molecule has 0 spiro atoms. The number of hydrogen-bond acceptors (Lipinski definition) is 2. The molecule has 1 heterocycles. The molecule has 0 amide bonds. The molecule has 0 unspecified atom stereocenters. The number of hydrogen-bond donors (Lipinski definition) is 3. The molecular formula is C12H15NO3. The lowest BCUT2D eigenvalue weighted by atomic mass is 10.2. The second-order valence-electron chi connectivity index (χ2n) is 3.27. The van der Waals surface area contributed by atoms with Crippen molar-refractivity contribution >= 4 is 16.9 Å². The summed E-state index contributed by atoms with van der Waals surface area (Å²) in [6, 6.07) is 9.60. The number of aliphatic hydroxyl groups excluding tert-OH is 1. The van der Waals surface area contributed by atoms with Crippen molar-refractivity contribution in [1.29, 1.82) is 0 Å². The molecule has 0 saturated carbocycles. The number of aromatic nitrogens is 1. The van der Waals surface area contributed by atoms with Crippen LogP contribution in [0.3, 0.4) is 0 Å². The van der Waals surface area contributed by atoms with Gasteiger partial charge in [-0.15, -0.1) is 0 Å². The number of fused-ring (bicyclic) bond motifs is 1. The predicted octanol–water partition coefficient (Wildman–Crippen LogP) is 1.79. The molecule has 0 aliphatic carbocycles. The fraction of sp³-hybridized carbons (Fsp3) is 0.250. The van der Waals surface area contributed by atoms with E-state index in [9.17, 15) is 4.79 Å². The Morgan fingerprint density at radius 1 is 1.38 bits per heavy atom. The van der Waals surface area contributed by atoms with Gasteiger partial charge in [0.05, 0.1) is 6.42 Å². The van der Waals surface area contributed by atoms with Crippen molar-refractivity contribution in [2.24, 2.45) is 0 Å². The van der Waals surface area contributed by atoms with Crippen molar-refractivity contribution in [1.82, 2.24) is 4.98 Å². The van der Waals surface area contributed by atoms with Gasteiger partial charge >= 0.3 is 5.97 Å². The van der Waals surface area contributed by atoms with E-state index in [-0.39, 0.29) is 13.0 Å². The maximum atomic E-state index is 10.4. The van der Waals surface area contributed by atoms with Crippen LogP contribution in [0.5, 0.6) is 0 Å². The zero-order valence-corrected chi connectivity index (χ0v) is 9.10. The highest BCUT2D eigenvalue weighted by molar-refractivity contribution is 5.82. The molecule has 2 rings (SSSR count). The van der Waals surface area contributed by atoms with Gasteiger partial charge in [-0.1, -0.05) is 18.2 Å². The van der Waals surface area contributed by atoms with Gasteiger partial charge in [-0.3, -0.25) is 4.79 Å². The van der Waals surface area contributed by atoms with E-state index in [4.69, 9.17) is 10.2 Å². The highest BCUT2D eigenvalue weighted by Gasteiger charge is 2.03. The van der Waals surface area contributed by atoms with Gasteiger partial charge in [-0.05, 0) is 24.4 Å². The van der Waals surface area contributed by atoms with E-state index in [2.05, 4.69) is 4.98 Å². The molecule has 3 N–H and O–H groups in total. The molecule has 0 aliphatic heterocycles. The quantitative estimate of drug-likeness (QED) is 0.723. The van der Waals surface area contributed by atoms with Crippen LogP contribution >= 0.6 is 0 Å². The number of para-hydroxylation sites is 1. The van der Waals surface area contributed by atoms with Gasteiger partial charge < -0.3 is 15.2 Å². The highest BCUT2D eigenvalue weighted by atomic mass is 16.4. The lowest BCUT2D eigenvalue weighted by Crippen LogP contribution is -1.99. The summed E-state index contributed by atoms with van der Waals surface area (Å²) in [5, 5.41) is 17.2. The van der Waals surface area contributed by atoms with Crippen LogP contribution in [-0.4, -0.2) is 27.8 Å². The molecule has 0 aliphatic rings. The maximum absolute atomic E-state index is 10.4. The highest BCUT2D eigenvalue weighted by Crippen LogP contribution is 2.14. The van der Waals surface area contributed by atoms with Crippen LogP contribution in [0.4, 0.5) is 0 Å². The van der Waals surface area contributed by atoms with Crippen LogP contribution in [0, 0.1) is 0 Å². The van der Waals surface area contributed by atoms with Crippen molar-refractivity contribution in [2.45, 2.75) is 13.3 Å². The van der Waals surface area contributed by atoms with Crippen LogP contribution in [0.25, 0.3) is 10.9 Å². The van der Waals surface area contributed by atoms with Crippen LogP contribution in [0.1, 0.15) is 12.6 Å². The van der Waals surface area contributed by atoms with Crippen LogP contribution in [0.2, 0.25) is 0 Å². The van der Waals surface area contributed by atoms with E-state index in [0.29, 0.717) is 0 Å². The van der Waals surface area contributed by atoms with Crippen molar-refractivity contribution < 1.29 is 15.0 Å². The van der Waals surface area contributed by atoms with Crippen LogP contribution < -0.4 is 0 Å². The summed E-state index contributed by atoms with van der Waals surface area (Å²) in [5.74, 6) is -0.813. The molecule has 0 radical (unpaired) electrons. The standard InChI is InChI=1S/C10H9NO2.C2H6O/c12-10(13)6-8-5-7-3-1-2-4-9(7)11-8;1-2-3/h1-5,11H,6H2,(H,12,13);3H,2H2,1H3. The largest absolute Gasteiger partial charge is 0.481 e. The monoisotopic (exact) mass is 221 g/mol. The maximum Gasteiger partial charge on any atom is 0.309 e. The van der Waals surface area contributed by atoms with E-state index >= 15 is 0 Å². The van der Waals surface area contributed by atoms with Gasteiger partial charge in [-0.2, -0.15) is 0 Å². The van der Waals surface area contributed by atoms with E-state index in [1.165, 1.54) is 0 Å². The Labute approximate surface area is 93.5 Å². The zero-order chi connectivity index (χ0) is 12.0. The Morgan fingerprint density at radius 3 is 2.56 bits per heavy atom. The Bertz CT molecular complexity index is 429. The van der Waals surface area contributed by atoms with Crippen LogP contribution in [0.15, 0.2) is 30.3 Å². The molecule has 4 nitrogen and oxygen atoms in total. The van der Waals surface area contributed by atoms with E-state index in [1.807, 2.05) is 30.3 Å². The second-order valence-corrected chi connectivity index (χ2v) is 3.27. The minimum atomic E-state index is -0.813. The van der Waals surface area contributed by atoms with Gasteiger partial charge in [0.15, 0.2) is 0 Å². The summed E-state index contributed by atoms with van der Waals surface area (Å²) in [4.78, 5) is 13.5. The molecule has 0 bridgehead atoms. The van der Waals surface area contributed by atoms with Gasteiger partial charge in [-0.25, -0.2) is 0 Å². The summed E-state index contributed by atoms with van der Waals surface area (Å²) in [6.07, 6.45) is 0.0503. The van der Waals surface area contributed by atoms with Crippen LogP contribution in [-0.2, 0) is 11.2 Å². The molecule has 0 atom stereocenters. The number of carboxylic acid groups (broad SMARTS) is 1. The van der Waals surface area contributed by atoms with Crippen molar-refractivity contribution in [3.05, 3.63) is 36.0 Å². The first-order valence-electron chi connectivity index (χ1n) is 5.06. The fourth-order valence-electron chi connectivity index (χ4n) is 1.39. The molecule has 1 aromatic heterocycles. The summed E-state index contributed by atoms with van der Waals surface area (Å²) in [5.41, 5.74) is 1.73. The average molecular weight is 221 g/mol. The number of nitrogens with one attached hydrogen (secondary N) is 1. The van der Waals surface area contributed by atoms with Crippen molar-refractivity contribution in [2.75, 3.05) is 6.61 Å². The normalized spacial score (nSPS) is 9.62. The molecule has 1 aromatic carbocycles. The molecule has 2 aromatic rings. The number of carboxylic acids is 1. The number of rotatable bonds is 2. The minimum absolute atomic E-state index is 0.0503. The first kappa shape index (κ1) is 12.3. The van der Waals surface area contributed by atoms with Gasteiger partial charge in [0.1, 0.15) is 0 Å². The van der Waals surface area contributed by atoms with Gasteiger partial charge in [0.25, 0.3) is 0 Å². The Balaban J connectivity index is 0.000000386. The summed E-state index contributed by atoms with van der Waals surface area (Å²) in [7, 11) is 0. The Kier molecular flexibility index (Phi) is 4.54. The summed E-state index contributed by atoms with van der Waals surface area (Å²) >= 11 is 0. The van der Waals surface area contributed by atoms with E-state index < -0.39 is 5.97 Å². The topological polar surface area (TPSA) is 73.3 Å². The number of aromatic amines is 1.